The van der Waals surface area contributed by atoms with E-state index in [0.29, 0.717) is 0 Å². The van der Waals surface area contributed by atoms with Crippen molar-refractivity contribution in [2.75, 3.05) is 6.61 Å². The molecule has 135 valence electrons. The Balaban J connectivity index is 1.56. The van der Waals surface area contributed by atoms with E-state index in [1.807, 2.05) is 31.2 Å². The van der Waals surface area contributed by atoms with Crippen molar-refractivity contribution >= 4 is 13.4 Å². The molecule has 2 unspecified atom stereocenters. The van der Waals surface area contributed by atoms with Crippen LogP contribution in [0.25, 0.3) is 11.1 Å². The molecule has 1 heterocycles. The first-order chi connectivity index (χ1) is 13.0. The normalized spacial score (nSPS) is 20.8. The first kappa shape index (κ1) is 17.5. The molecule has 0 spiro atoms. The number of carbonyl (C=O) groups is 1. The molecule has 4 nitrogen and oxygen atoms in total. The van der Waals surface area contributed by atoms with Gasteiger partial charge in [-0.1, -0.05) is 60.6 Å². The molecule has 2 aromatic carbocycles. The van der Waals surface area contributed by atoms with Gasteiger partial charge in [0.2, 0.25) is 0 Å². The van der Waals surface area contributed by atoms with Crippen LogP contribution in [0.4, 0.5) is 4.79 Å². The molecule has 0 bridgehead atoms. The Kier molecular flexibility index (Phi) is 4.30. The van der Waals surface area contributed by atoms with Crippen molar-refractivity contribution in [3.05, 3.63) is 84.0 Å². The Morgan fingerprint density at radius 3 is 2.26 bits per heavy atom. The summed E-state index contributed by atoms with van der Waals surface area (Å²) < 4.78 is 5.70. The van der Waals surface area contributed by atoms with Gasteiger partial charge in [-0.3, -0.25) is 0 Å². The Bertz CT molecular complexity index is 893. The molecule has 0 saturated carbocycles. The van der Waals surface area contributed by atoms with Crippen molar-refractivity contribution in [3.63, 3.8) is 0 Å². The summed E-state index contributed by atoms with van der Waals surface area (Å²) >= 11 is 0. The summed E-state index contributed by atoms with van der Waals surface area (Å²) in [5, 5.41) is 9.83. The molecule has 1 aliphatic heterocycles. The van der Waals surface area contributed by atoms with E-state index in [2.05, 4.69) is 37.4 Å². The van der Waals surface area contributed by atoms with Crippen molar-refractivity contribution in [2.24, 2.45) is 0 Å². The molecule has 1 saturated heterocycles. The van der Waals surface area contributed by atoms with Gasteiger partial charge in [0.1, 0.15) is 6.61 Å². The third-order valence-corrected chi connectivity index (χ3v) is 5.51. The van der Waals surface area contributed by atoms with Gasteiger partial charge in [0.15, 0.2) is 7.28 Å². The molecule has 1 amide bonds. The molecule has 1 radical (unpaired) electrons. The number of aliphatic hydroxyl groups excluding tert-OH is 1. The molecule has 0 aromatic heterocycles. The molecule has 27 heavy (non-hydrogen) atoms. The first-order valence-electron chi connectivity index (χ1n) is 9.03. The lowest BCUT2D eigenvalue weighted by molar-refractivity contribution is 0.0893. The number of hydrogen-bond donors (Lipinski definition) is 1. The minimum absolute atomic E-state index is 0.00205. The number of carbonyl (C=O) groups excluding carboxylic acids is 1. The molecule has 5 heteroatoms. The molecule has 2 atom stereocenters. The number of hydrogen-bond acceptors (Lipinski definition) is 3. The minimum Gasteiger partial charge on any atom is -0.512 e. The summed E-state index contributed by atoms with van der Waals surface area (Å²) in [7, 11) is 1.74. The maximum atomic E-state index is 12.8. The molecule has 1 fully saturated rings. The SMILES string of the molecule is C=C1[B]C(C(=C)O)N(C(=O)OCC2c3ccccc3-c3ccccc32)C1C. The van der Waals surface area contributed by atoms with Gasteiger partial charge in [0, 0.05) is 12.0 Å². The van der Waals surface area contributed by atoms with Crippen LogP contribution in [0.3, 0.4) is 0 Å². The average Bonchev–Trinajstić information content (AvgIpc) is 3.15. The van der Waals surface area contributed by atoms with Crippen LogP contribution in [0, 0.1) is 0 Å². The minimum atomic E-state index is -0.594. The third-order valence-electron chi connectivity index (χ3n) is 5.51. The summed E-state index contributed by atoms with van der Waals surface area (Å²) in [4.78, 5) is 14.3. The van der Waals surface area contributed by atoms with Gasteiger partial charge in [0.25, 0.3) is 0 Å². The standard InChI is InChI=1S/C22H21BNO3/c1-13-14(2)24(21(23-13)15(3)25)22(26)27-12-20-18-10-6-4-8-16(18)17-9-5-7-11-19(17)20/h4-11,14,20-21,25H,1,3,12H2,2H3. The highest BCUT2D eigenvalue weighted by Gasteiger charge is 2.40. The quantitative estimate of drug-likeness (QED) is 0.659. The van der Waals surface area contributed by atoms with E-state index in [9.17, 15) is 9.90 Å². The number of aliphatic hydroxyl groups is 1. The van der Waals surface area contributed by atoms with Crippen LogP contribution >= 0.6 is 0 Å². The van der Waals surface area contributed by atoms with Gasteiger partial charge in [-0.15, -0.1) is 6.58 Å². The van der Waals surface area contributed by atoms with E-state index >= 15 is 0 Å². The number of ether oxygens (including phenoxy) is 1. The second-order valence-corrected chi connectivity index (χ2v) is 7.06. The van der Waals surface area contributed by atoms with Crippen LogP contribution in [0.2, 0.25) is 0 Å². The zero-order valence-corrected chi connectivity index (χ0v) is 15.3. The predicted molar refractivity (Wildman–Crippen MR) is 107 cm³/mol. The fraction of sp³-hybridized carbons (Fsp3) is 0.227. The average molecular weight is 358 g/mol. The van der Waals surface area contributed by atoms with E-state index in [4.69, 9.17) is 4.74 Å². The highest BCUT2D eigenvalue weighted by molar-refractivity contribution is 6.50. The second kappa shape index (κ2) is 6.65. The van der Waals surface area contributed by atoms with E-state index in [1.54, 1.807) is 7.28 Å². The summed E-state index contributed by atoms with van der Waals surface area (Å²) in [6.45, 7) is 9.62. The van der Waals surface area contributed by atoms with Crippen LogP contribution in [-0.4, -0.2) is 42.0 Å². The molecule has 2 aliphatic rings. The Hall–Kier alpha value is -2.95. The lowest BCUT2D eigenvalue weighted by Gasteiger charge is -2.28. The van der Waals surface area contributed by atoms with E-state index in [-0.39, 0.29) is 24.3 Å². The largest absolute Gasteiger partial charge is 0.512 e. The maximum Gasteiger partial charge on any atom is 0.410 e. The fourth-order valence-electron chi connectivity index (χ4n) is 4.04. The zero-order chi connectivity index (χ0) is 19.1. The van der Waals surface area contributed by atoms with Gasteiger partial charge in [-0.05, 0) is 29.2 Å². The van der Waals surface area contributed by atoms with Gasteiger partial charge >= 0.3 is 6.09 Å². The van der Waals surface area contributed by atoms with Crippen LogP contribution in [0.1, 0.15) is 24.0 Å². The van der Waals surface area contributed by atoms with Crippen LogP contribution in [-0.2, 0) is 4.74 Å². The lowest BCUT2D eigenvalue weighted by Crippen LogP contribution is -2.42. The molecule has 4 rings (SSSR count). The number of fused-ring (bicyclic) bond motifs is 3. The smallest absolute Gasteiger partial charge is 0.410 e. The Morgan fingerprint density at radius 2 is 1.70 bits per heavy atom. The van der Waals surface area contributed by atoms with Crippen LogP contribution < -0.4 is 0 Å². The number of nitrogens with zero attached hydrogens (tertiary/aromatic N) is 1. The van der Waals surface area contributed by atoms with Crippen LogP contribution in [0.15, 0.2) is 72.9 Å². The molecule has 1 aliphatic carbocycles. The maximum absolute atomic E-state index is 12.8. The van der Waals surface area contributed by atoms with E-state index in [1.165, 1.54) is 27.2 Å². The van der Waals surface area contributed by atoms with Crippen LogP contribution in [0.5, 0.6) is 0 Å². The predicted octanol–water partition coefficient (Wildman–Crippen LogP) is 4.26. The zero-order valence-electron chi connectivity index (χ0n) is 15.3. The molecular weight excluding hydrogens is 337 g/mol. The van der Waals surface area contributed by atoms with Gasteiger partial charge < -0.3 is 14.7 Å². The highest BCUT2D eigenvalue weighted by atomic mass is 16.6. The molecule has 1 N–H and O–H groups in total. The van der Waals surface area contributed by atoms with Crippen molar-refractivity contribution in [1.29, 1.82) is 0 Å². The van der Waals surface area contributed by atoms with Gasteiger partial charge in [0.05, 0.1) is 11.7 Å². The highest BCUT2D eigenvalue weighted by Crippen LogP contribution is 2.44. The lowest BCUT2D eigenvalue weighted by atomic mass is 9.65. The summed E-state index contributed by atoms with van der Waals surface area (Å²) in [6, 6.07) is 16.2. The number of benzene rings is 2. The first-order valence-corrected chi connectivity index (χ1v) is 9.03. The van der Waals surface area contributed by atoms with Crippen molar-refractivity contribution in [2.45, 2.75) is 24.8 Å². The van der Waals surface area contributed by atoms with Crippen molar-refractivity contribution < 1.29 is 14.6 Å². The number of rotatable bonds is 3. The summed E-state index contributed by atoms with van der Waals surface area (Å²) in [6.07, 6.45) is -0.473. The van der Waals surface area contributed by atoms with E-state index < -0.39 is 12.0 Å². The second-order valence-electron chi connectivity index (χ2n) is 7.06. The van der Waals surface area contributed by atoms with Crippen molar-refractivity contribution in [1.82, 2.24) is 4.90 Å². The Morgan fingerprint density at radius 1 is 1.15 bits per heavy atom. The molecule has 2 aromatic rings. The van der Waals surface area contributed by atoms with Gasteiger partial charge in [-0.2, -0.15) is 0 Å². The number of amides is 1. The van der Waals surface area contributed by atoms with Crippen molar-refractivity contribution in [3.8, 4) is 11.1 Å². The summed E-state index contributed by atoms with van der Waals surface area (Å²) in [5.41, 5.74) is 5.47. The Labute approximate surface area is 160 Å². The fourth-order valence-corrected chi connectivity index (χ4v) is 4.04. The molecular formula is C22H21BNO3. The monoisotopic (exact) mass is 358 g/mol. The van der Waals surface area contributed by atoms with E-state index in [0.717, 1.165) is 5.47 Å². The third kappa shape index (κ3) is 2.83. The summed E-state index contributed by atoms with van der Waals surface area (Å²) in [5.74, 6) is -0.681. The van der Waals surface area contributed by atoms with Gasteiger partial charge in [-0.25, -0.2) is 4.79 Å². The topological polar surface area (TPSA) is 49.8 Å².